The maximum Gasteiger partial charge on any atom is 0.167 e. The molecular formula is C19H30O4. The van der Waals surface area contributed by atoms with Crippen molar-refractivity contribution in [1.82, 2.24) is 0 Å². The first-order chi connectivity index (χ1) is 11.0. The first kappa shape index (κ1) is 19.3. The summed E-state index contributed by atoms with van der Waals surface area (Å²) in [5, 5.41) is 29.6. The minimum Gasteiger partial charge on any atom is -0.507 e. The third-order valence-corrected chi connectivity index (χ3v) is 4.24. The van der Waals surface area contributed by atoms with Crippen molar-refractivity contribution in [3.63, 3.8) is 0 Å². The van der Waals surface area contributed by atoms with E-state index in [0.29, 0.717) is 12.0 Å². The lowest BCUT2D eigenvalue weighted by Gasteiger charge is -2.12. The van der Waals surface area contributed by atoms with Crippen molar-refractivity contribution >= 4 is 5.78 Å². The van der Waals surface area contributed by atoms with Gasteiger partial charge in [0.05, 0.1) is 0 Å². The van der Waals surface area contributed by atoms with Gasteiger partial charge < -0.3 is 15.3 Å². The molecule has 1 aromatic rings. The van der Waals surface area contributed by atoms with Crippen LogP contribution in [0.5, 0.6) is 17.2 Å². The number of phenolic OH excluding ortho intramolecular Hbond substituents is 3. The Labute approximate surface area is 139 Å². The van der Waals surface area contributed by atoms with Crippen LogP contribution in [0.3, 0.4) is 0 Å². The van der Waals surface area contributed by atoms with Crippen molar-refractivity contribution in [2.24, 2.45) is 0 Å². The molecule has 0 aliphatic heterocycles. The van der Waals surface area contributed by atoms with E-state index in [-0.39, 0.29) is 22.8 Å². The van der Waals surface area contributed by atoms with Crippen LogP contribution in [0.4, 0.5) is 0 Å². The van der Waals surface area contributed by atoms with Crippen LogP contribution in [-0.4, -0.2) is 21.1 Å². The van der Waals surface area contributed by atoms with Crippen molar-refractivity contribution in [3.05, 3.63) is 17.2 Å². The number of benzene rings is 1. The second-order valence-corrected chi connectivity index (χ2v) is 6.25. The highest BCUT2D eigenvalue weighted by Gasteiger charge is 2.19. The van der Waals surface area contributed by atoms with Gasteiger partial charge in [0.2, 0.25) is 0 Å². The van der Waals surface area contributed by atoms with Crippen LogP contribution >= 0.6 is 0 Å². The Morgan fingerprint density at radius 1 is 0.870 bits per heavy atom. The van der Waals surface area contributed by atoms with Crippen molar-refractivity contribution in [2.75, 3.05) is 0 Å². The monoisotopic (exact) mass is 322 g/mol. The van der Waals surface area contributed by atoms with E-state index in [9.17, 15) is 20.1 Å². The van der Waals surface area contributed by atoms with Gasteiger partial charge in [0, 0.05) is 11.6 Å². The van der Waals surface area contributed by atoms with Crippen molar-refractivity contribution in [3.8, 4) is 17.2 Å². The third-order valence-electron chi connectivity index (χ3n) is 4.24. The zero-order chi connectivity index (χ0) is 17.2. The predicted molar refractivity (Wildman–Crippen MR) is 92.4 cm³/mol. The van der Waals surface area contributed by atoms with E-state index in [0.717, 1.165) is 25.3 Å². The summed E-state index contributed by atoms with van der Waals surface area (Å²) in [6, 6.07) is 1.14. The van der Waals surface area contributed by atoms with E-state index >= 15 is 0 Å². The summed E-state index contributed by atoms with van der Waals surface area (Å²) in [5.74, 6) is -1.21. The molecule has 0 spiro atoms. The summed E-state index contributed by atoms with van der Waals surface area (Å²) in [6.07, 6.45) is 11.2. The summed E-state index contributed by atoms with van der Waals surface area (Å²) in [4.78, 5) is 11.5. The molecule has 4 heteroatoms. The highest BCUT2D eigenvalue weighted by molar-refractivity contribution is 6.00. The van der Waals surface area contributed by atoms with E-state index in [1.54, 1.807) is 0 Å². The summed E-state index contributed by atoms with van der Waals surface area (Å²) in [5.41, 5.74) is 0.254. The van der Waals surface area contributed by atoms with E-state index in [1.807, 2.05) is 0 Å². The number of ketones is 1. The van der Waals surface area contributed by atoms with Crippen LogP contribution in [0, 0.1) is 0 Å². The summed E-state index contributed by atoms with van der Waals surface area (Å²) < 4.78 is 0. The molecule has 0 saturated carbocycles. The van der Waals surface area contributed by atoms with Crippen LogP contribution in [-0.2, 0) is 6.42 Å². The van der Waals surface area contributed by atoms with Gasteiger partial charge in [-0.25, -0.2) is 0 Å². The van der Waals surface area contributed by atoms with Gasteiger partial charge in [-0.15, -0.1) is 0 Å². The van der Waals surface area contributed by atoms with Crippen molar-refractivity contribution < 1.29 is 20.1 Å². The highest BCUT2D eigenvalue weighted by atomic mass is 16.3. The largest absolute Gasteiger partial charge is 0.507 e. The number of hydrogen-bond acceptors (Lipinski definition) is 4. The molecule has 0 fully saturated rings. The third kappa shape index (κ3) is 6.12. The van der Waals surface area contributed by atoms with E-state index in [2.05, 4.69) is 6.92 Å². The zero-order valence-electron chi connectivity index (χ0n) is 14.4. The van der Waals surface area contributed by atoms with Gasteiger partial charge in [-0.1, -0.05) is 58.3 Å². The summed E-state index contributed by atoms with van der Waals surface area (Å²) in [6.45, 7) is 3.50. The molecule has 130 valence electrons. The maximum atomic E-state index is 11.5. The van der Waals surface area contributed by atoms with Gasteiger partial charge in [0.1, 0.15) is 22.8 Å². The molecule has 0 amide bonds. The first-order valence-electron chi connectivity index (χ1n) is 8.76. The van der Waals surface area contributed by atoms with E-state index in [1.165, 1.54) is 45.4 Å². The van der Waals surface area contributed by atoms with Crippen molar-refractivity contribution in [1.29, 1.82) is 0 Å². The summed E-state index contributed by atoms with van der Waals surface area (Å²) in [7, 11) is 0. The Morgan fingerprint density at radius 2 is 1.39 bits per heavy atom. The van der Waals surface area contributed by atoms with Crippen LogP contribution in [0.25, 0.3) is 0 Å². The minimum atomic E-state index is -0.409. The van der Waals surface area contributed by atoms with Gasteiger partial charge >= 0.3 is 0 Å². The number of hydrogen-bond donors (Lipinski definition) is 3. The van der Waals surface area contributed by atoms with Gasteiger partial charge in [0.15, 0.2) is 5.78 Å². The first-order valence-corrected chi connectivity index (χ1v) is 8.76. The number of aromatic hydroxyl groups is 3. The van der Waals surface area contributed by atoms with Crippen LogP contribution in [0.1, 0.15) is 87.6 Å². The Morgan fingerprint density at radius 3 is 1.91 bits per heavy atom. The number of unbranched alkanes of at least 4 members (excludes halogenated alkanes) is 8. The predicted octanol–water partition coefficient (Wildman–Crippen LogP) is 5.08. The van der Waals surface area contributed by atoms with Gasteiger partial charge in [-0.3, -0.25) is 4.79 Å². The summed E-state index contributed by atoms with van der Waals surface area (Å²) >= 11 is 0. The fraction of sp³-hybridized carbons (Fsp3) is 0.632. The lowest BCUT2D eigenvalue weighted by atomic mass is 9.98. The quantitative estimate of drug-likeness (QED) is 0.392. The number of carbonyl (C=O) groups is 1. The molecule has 23 heavy (non-hydrogen) atoms. The van der Waals surface area contributed by atoms with Gasteiger partial charge in [-0.2, -0.15) is 0 Å². The smallest absolute Gasteiger partial charge is 0.167 e. The number of Topliss-reactive ketones (excluding diaryl/α,β-unsaturated/α-hetero) is 1. The molecule has 1 aromatic carbocycles. The molecule has 0 radical (unpaired) electrons. The molecular weight excluding hydrogens is 292 g/mol. The fourth-order valence-electron chi connectivity index (χ4n) is 2.89. The van der Waals surface area contributed by atoms with Gasteiger partial charge in [-0.05, 0) is 19.8 Å². The zero-order valence-corrected chi connectivity index (χ0v) is 14.4. The topological polar surface area (TPSA) is 77.8 Å². The number of rotatable bonds is 11. The average molecular weight is 322 g/mol. The molecule has 0 bridgehead atoms. The maximum absolute atomic E-state index is 11.5. The lowest BCUT2D eigenvalue weighted by molar-refractivity contribution is 0.101. The van der Waals surface area contributed by atoms with Gasteiger partial charge in [0.25, 0.3) is 0 Å². The molecule has 3 N–H and O–H groups in total. The number of phenols is 3. The molecule has 0 aliphatic carbocycles. The lowest BCUT2D eigenvalue weighted by Crippen LogP contribution is -1.98. The Bertz CT molecular complexity index is 509. The van der Waals surface area contributed by atoms with E-state index in [4.69, 9.17) is 0 Å². The molecule has 0 unspecified atom stereocenters. The minimum absolute atomic E-state index is 0.103. The number of carbonyl (C=O) groups excluding carboxylic acids is 1. The molecule has 1 rings (SSSR count). The van der Waals surface area contributed by atoms with Crippen LogP contribution in [0.15, 0.2) is 6.07 Å². The molecule has 0 heterocycles. The molecule has 4 nitrogen and oxygen atoms in total. The second-order valence-electron chi connectivity index (χ2n) is 6.25. The molecule has 0 aliphatic rings. The van der Waals surface area contributed by atoms with E-state index < -0.39 is 5.78 Å². The second kappa shape index (κ2) is 10.1. The SMILES string of the molecule is CCCCCCCCCCCc1c(O)cc(O)c(C(C)=O)c1O. The Kier molecular flexibility index (Phi) is 8.52. The fourth-order valence-corrected chi connectivity index (χ4v) is 2.89. The molecule has 0 atom stereocenters. The van der Waals surface area contributed by atoms with Crippen molar-refractivity contribution in [2.45, 2.75) is 78.1 Å². The Hall–Kier alpha value is -1.71. The van der Waals surface area contributed by atoms with Crippen LogP contribution < -0.4 is 0 Å². The normalized spacial score (nSPS) is 10.9. The molecule has 0 aromatic heterocycles. The Balaban J connectivity index is 2.41. The standard InChI is InChI=1S/C19H30O4/c1-3-4-5-6-7-8-9-10-11-12-15-16(21)13-17(22)18(14(2)20)19(15)23/h13,21-23H,3-12H2,1-2H3. The molecule has 0 saturated heterocycles. The average Bonchev–Trinajstić information content (AvgIpc) is 2.47. The van der Waals surface area contributed by atoms with Crippen LogP contribution in [0.2, 0.25) is 0 Å². The highest BCUT2D eigenvalue weighted by Crippen LogP contribution is 2.38.